The highest BCUT2D eigenvalue weighted by Crippen LogP contribution is 2.34. The summed E-state index contributed by atoms with van der Waals surface area (Å²) in [6.07, 6.45) is -0.552. The van der Waals surface area contributed by atoms with Crippen LogP contribution in [0.5, 0.6) is 5.75 Å². The van der Waals surface area contributed by atoms with Crippen molar-refractivity contribution in [1.29, 1.82) is 0 Å². The summed E-state index contributed by atoms with van der Waals surface area (Å²) in [6, 6.07) is 4.15. The summed E-state index contributed by atoms with van der Waals surface area (Å²) in [7, 11) is 0. The minimum atomic E-state index is -0.552. The van der Waals surface area contributed by atoms with Gasteiger partial charge in [-0.1, -0.05) is 13.8 Å². The van der Waals surface area contributed by atoms with Crippen LogP contribution >= 0.6 is 0 Å². The largest absolute Gasteiger partial charge is 0.478 e. The van der Waals surface area contributed by atoms with Gasteiger partial charge in [0.1, 0.15) is 5.75 Å². The third-order valence-electron chi connectivity index (χ3n) is 2.55. The van der Waals surface area contributed by atoms with Gasteiger partial charge in [-0.3, -0.25) is 14.9 Å². The van der Waals surface area contributed by atoms with E-state index in [-0.39, 0.29) is 17.5 Å². The van der Waals surface area contributed by atoms with Gasteiger partial charge in [0.05, 0.1) is 10.6 Å². The van der Waals surface area contributed by atoms with E-state index in [1.54, 1.807) is 0 Å². The van der Waals surface area contributed by atoms with Gasteiger partial charge in [0.2, 0.25) is 0 Å². The SMILES string of the molecule is CC(C)[C@H]1Oc2ccc([N+](=O)[O-])cc2NC1=O. The Morgan fingerprint density at radius 3 is 2.76 bits per heavy atom. The second-order valence-corrected chi connectivity index (χ2v) is 4.21. The molecule has 1 heterocycles. The van der Waals surface area contributed by atoms with Gasteiger partial charge in [-0.2, -0.15) is 0 Å². The number of hydrogen-bond acceptors (Lipinski definition) is 4. The maximum Gasteiger partial charge on any atom is 0.271 e. The average molecular weight is 236 g/mol. The molecule has 0 saturated heterocycles. The number of carbonyl (C=O) groups excluding carboxylic acids is 1. The van der Waals surface area contributed by atoms with Crippen LogP contribution in [0.1, 0.15) is 13.8 Å². The lowest BCUT2D eigenvalue weighted by Crippen LogP contribution is -2.40. The summed E-state index contributed by atoms with van der Waals surface area (Å²) >= 11 is 0. The molecule has 1 aromatic rings. The molecule has 1 atom stereocenters. The zero-order chi connectivity index (χ0) is 12.6. The van der Waals surface area contributed by atoms with E-state index in [0.29, 0.717) is 11.4 Å². The number of amides is 1. The minimum Gasteiger partial charge on any atom is -0.478 e. The molecule has 1 aliphatic rings. The number of benzene rings is 1. The molecule has 1 amide bonds. The first-order valence-corrected chi connectivity index (χ1v) is 5.25. The predicted molar refractivity (Wildman–Crippen MR) is 61.0 cm³/mol. The van der Waals surface area contributed by atoms with Gasteiger partial charge < -0.3 is 10.1 Å². The highest BCUT2D eigenvalue weighted by Gasteiger charge is 2.30. The van der Waals surface area contributed by atoms with Gasteiger partial charge in [-0.15, -0.1) is 0 Å². The lowest BCUT2D eigenvalue weighted by molar-refractivity contribution is -0.384. The zero-order valence-electron chi connectivity index (χ0n) is 9.47. The molecule has 0 aromatic heterocycles. The molecule has 17 heavy (non-hydrogen) atoms. The fraction of sp³-hybridized carbons (Fsp3) is 0.364. The van der Waals surface area contributed by atoms with Crippen LogP contribution < -0.4 is 10.1 Å². The smallest absolute Gasteiger partial charge is 0.271 e. The molecule has 0 bridgehead atoms. The Bertz CT molecular complexity index is 484. The Balaban J connectivity index is 2.35. The van der Waals surface area contributed by atoms with E-state index in [2.05, 4.69) is 5.32 Å². The van der Waals surface area contributed by atoms with Crippen molar-refractivity contribution in [2.45, 2.75) is 20.0 Å². The van der Waals surface area contributed by atoms with Crippen molar-refractivity contribution < 1.29 is 14.5 Å². The molecule has 0 radical (unpaired) electrons. The van der Waals surface area contributed by atoms with E-state index in [0.717, 1.165) is 0 Å². The number of non-ortho nitro benzene ring substituents is 1. The molecule has 1 aromatic carbocycles. The number of anilines is 1. The molecular formula is C11H12N2O4. The lowest BCUT2D eigenvalue weighted by atomic mass is 10.0. The molecule has 2 rings (SSSR count). The maximum atomic E-state index is 11.7. The van der Waals surface area contributed by atoms with Gasteiger partial charge in [-0.25, -0.2) is 0 Å². The normalized spacial score (nSPS) is 18.3. The molecule has 0 saturated carbocycles. The maximum absolute atomic E-state index is 11.7. The van der Waals surface area contributed by atoms with Crippen LogP contribution in [0.15, 0.2) is 18.2 Å². The summed E-state index contributed by atoms with van der Waals surface area (Å²) in [6.45, 7) is 3.75. The Kier molecular flexibility index (Phi) is 2.71. The minimum absolute atomic E-state index is 0.0401. The van der Waals surface area contributed by atoms with Crippen LogP contribution in [0, 0.1) is 16.0 Å². The van der Waals surface area contributed by atoms with Gasteiger partial charge in [0.25, 0.3) is 11.6 Å². The van der Waals surface area contributed by atoms with E-state index < -0.39 is 11.0 Å². The van der Waals surface area contributed by atoms with Crippen LogP contribution in [0.25, 0.3) is 0 Å². The van der Waals surface area contributed by atoms with Crippen molar-refractivity contribution in [2.24, 2.45) is 5.92 Å². The Morgan fingerprint density at radius 2 is 2.18 bits per heavy atom. The molecule has 90 valence electrons. The monoisotopic (exact) mass is 236 g/mol. The molecule has 0 spiro atoms. The molecule has 6 nitrogen and oxygen atoms in total. The van der Waals surface area contributed by atoms with Crippen LogP contribution in [0.2, 0.25) is 0 Å². The zero-order valence-corrected chi connectivity index (χ0v) is 9.47. The third kappa shape index (κ3) is 2.06. The van der Waals surface area contributed by atoms with E-state index in [1.807, 2.05) is 13.8 Å². The van der Waals surface area contributed by atoms with E-state index in [1.165, 1.54) is 18.2 Å². The molecule has 0 aliphatic carbocycles. The number of nitrogens with zero attached hydrogens (tertiary/aromatic N) is 1. The average Bonchev–Trinajstić information content (AvgIpc) is 2.26. The second kappa shape index (κ2) is 4.04. The number of nitro benzene ring substituents is 1. The van der Waals surface area contributed by atoms with Crippen LogP contribution in [-0.4, -0.2) is 16.9 Å². The number of hydrogen-bond donors (Lipinski definition) is 1. The summed E-state index contributed by atoms with van der Waals surface area (Å²) in [5, 5.41) is 13.2. The second-order valence-electron chi connectivity index (χ2n) is 4.21. The third-order valence-corrected chi connectivity index (χ3v) is 2.55. The summed E-state index contributed by atoms with van der Waals surface area (Å²) < 4.78 is 5.51. The highest BCUT2D eigenvalue weighted by atomic mass is 16.6. The van der Waals surface area contributed by atoms with Crippen molar-refractivity contribution in [3.63, 3.8) is 0 Å². The van der Waals surface area contributed by atoms with Gasteiger partial charge in [-0.05, 0) is 12.0 Å². The molecule has 1 N–H and O–H groups in total. The fourth-order valence-corrected chi connectivity index (χ4v) is 1.66. The standard InChI is InChI=1S/C11H12N2O4/c1-6(2)10-11(14)12-8-5-7(13(15)16)3-4-9(8)17-10/h3-6,10H,1-2H3,(H,12,14)/t10-/m1/s1. The van der Waals surface area contributed by atoms with Crippen molar-refractivity contribution in [1.82, 2.24) is 0 Å². The molecule has 1 aliphatic heterocycles. The van der Waals surface area contributed by atoms with E-state index in [4.69, 9.17) is 4.74 Å². The summed E-state index contributed by atoms with van der Waals surface area (Å²) in [4.78, 5) is 21.8. The van der Waals surface area contributed by atoms with E-state index in [9.17, 15) is 14.9 Å². The lowest BCUT2D eigenvalue weighted by Gasteiger charge is -2.27. The first kappa shape index (κ1) is 11.4. The Labute approximate surface area is 97.7 Å². The number of nitrogens with one attached hydrogen (secondary N) is 1. The molecule has 0 unspecified atom stereocenters. The molecule has 6 heteroatoms. The number of fused-ring (bicyclic) bond motifs is 1. The number of rotatable bonds is 2. The quantitative estimate of drug-likeness (QED) is 0.628. The first-order valence-electron chi connectivity index (χ1n) is 5.25. The van der Waals surface area contributed by atoms with Crippen molar-refractivity contribution >= 4 is 17.3 Å². The summed E-state index contributed by atoms with van der Waals surface area (Å²) in [5.41, 5.74) is 0.275. The Hall–Kier alpha value is -2.11. The predicted octanol–water partition coefficient (Wildman–Crippen LogP) is 1.95. The van der Waals surface area contributed by atoms with Gasteiger partial charge in [0.15, 0.2) is 6.10 Å². The van der Waals surface area contributed by atoms with Crippen LogP contribution in [-0.2, 0) is 4.79 Å². The number of nitro groups is 1. The molecule has 0 fully saturated rings. The topological polar surface area (TPSA) is 81.5 Å². The number of carbonyl (C=O) groups is 1. The van der Waals surface area contributed by atoms with E-state index >= 15 is 0 Å². The van der Waals surface area contributed by atoms with Crippen LogP contribution in [0.3, 0.4) is 0 Å². The summed E-state index contributed by atoms with van der Waals surface area (Å²) in [5.74, 6) is 0.236. The Morgan fingerprint density at radius 1 is 1.47 bits per heavy atom. The highest BCUT2D eigenvalue weighted by molar-refractivity contribution is 5.98. The van der Waals surface area contributed by atoms with Crippen molar-refractivity contribution in [3.05, 3.63) is 28.3 Å². The van der Waals surface area contributed by atoms with Crippen molar-refractivity contribution in [2.75, 3.05) is 5.32 Å². The van der Waals surface area contributed by atoms with Crippen LogP contribution in [0.4, 0.5) is 11.4 Å². The number of ether oxygens (including phenoxy) is 1. The fourth-order valence-electron chi connectivity index (χ4n) is 1.66. The first-order chi connectivity index (χ1) is 7.99. The van der Waals surface area contributed by atoms with Gasteiger partial charge >= 0.3 is 0 Å². The van der Waals surface area contributed by atoms with Crippen molar-refractivity contribution in [3.8, 4) is 5.75 Å². The van der Waals surface area contributed by atoms with Gasteiger partial charge in [0, 0.05) is 12.1 Å². The molecular weight excluding hydrogens is 224 g/mol.